The van der Waals surface area contributed by atoms with Gasteiger partial charge >= 0.3 is 14.2 Å². The maximum absolute atomic E-state index is 13.4. The number of hydrogen-bond acceptors (Lipinski definition) is 10. The number of ether oxygens (including phenoxy) is 1. The smallest absolute Gasteiger partial charge is 0.475 e. The minimum Gasteiger partial charge on any atom is -0.508 e. The highest BCUT2D eigenvalue weighted by atomic mass is 16.5. The second kappa shape index (κ2) is 26.6. The minimum atomic E-state index is -1.69. The number of carbonyl (C=O) groups excluding carboxylic acids is 4. The molecule has 5 aromatic carbocycles. The highest BCUT2D eigenvalue weighted by Gasteiger charge is 2.32. The van der Waals surface area contributed by atoms with Gasteiger partial charge in [-0.3, -0.25) is 19.2 Å². The maximum atomic E-state index is 13.4. The van der Waals surface area contributed by atoms with E-state index in [0.29, 0.717) is 38.0 Å². The first-order valence-electron chi connectivity index (χ1n) is 26.0. The molecule has 18 heteroatoms. The molecule has 16 nitrogen and oxygen atoms in total. The molecule has 7 aromatic rings. The SMILES string of the molecule is CC(C)C[C@H](NC(=O)[C@H](CC(C)C)NC(=O)Cn1c2ccccc2c2ccc(O)cc21)B(O)O.CC(C)C[C@H](NC(=O)[C@H](CC(C)C)NC(=O)Cn1c2ccccc2c2ccc(OCc3ccccc3)cc21)B(O)O. The molecule has 9 N–H and O–H groups in total. The van der Waals surface area contributed by atoms with E-state index in [2.05, 4.69) is 21.3 Å². The summed E-state index contributed by atoms with van der Waals surface area (Å²) >= 11 is 0. The van der Waals surface area contributed by atoms with Crippen LogP contribution in [0.25, 0.3) is 43.6 Å². The number of para-hydroxylation sites is 2. The van der Waals surface area contributed by atoms with Crippen LogP contribution in [0, 0.1) is 23.7 Å². The third-order valence-corrected chi connectivity index (χ3v) is 12.9. The molecule has 0 bridgehead atoms. The van der Waals surface area contributed by atoms with Crippen LogP contribution in [-0.2, 0) is 38.9 Å². The summed E-state index contributed by atoms with van der Waals surface area (Å²) in [4.78, 5) is 52.7. The summed E-state index contributed by atoms with van der Waals surface area (Å²) in [6.45, 7) is 16.0. The summed E-state index contributed by atoms with van der Waals surface area (Å²) in [7, 11) is -3.38. The number of fused-ring (bicyclic) bond motifs is 6. The summed E-state index contributed by atoms with van der Waals surface area (Å²) in [5.74, 6) is -1.81. The molecule has 2 heterocycles. The van der Waals surface area contributed by atoms with Gasteiger partial charge in [-0.05, 0) is 91.3 Å². The Morgan fingerprint density at radius 1 is 0.480 bits per heavy atom. The molecule has 0 spiro atoms. The van der Waals surface area contributed by atoms with Crippen LogP contribution >= 0.6 is 0 Å². The Morgan fingerprint density at radius 3 is 1.32 bits per heavy atom. The number of nitrogens with zero attached hydrogens (tertiary/aromatic N) is 2. The maximum Gasteiger partial charge on any atom is 0.475 e. The molecule has 398 valence electrons. The fourth-order valence-corrected chi connectivity index (χ4v) is 9.50. The van der Waals surface area contributed by atoms with Gasteiger partial charge in [0.05, 0.1) is 22.9 Å². The van der Waals surface area contributed by atoms with Gasteiger partial charge in [-0.15, -0.1) is 0 Å². The normalized spacial score (nSPS) is 13.2. The molecule has 0 aliphatic rings. The van der Waals surface area contributed by atoms with Crippen LogP contribution in [0.2, 0.25) is 0 Å². The van der Waals surface area contributed by atoms with E-state index in [9.17, 15) is 44.4 Å². The molecule has 0 unspecified atom stereocenters. The van der Waals surface area contributed by atoms with E-state index in [-0.39, 0.29) is 54.3 Å². The Kier molecular flexibility index (Phi) is 20.3. The van der Waals surface area contributed by atoms with Crippen molar-refractivity contribution in [3.8, 4) is 11.5 Å². The Labute approximate surface area is 440 Å². The number of aromatic hydroxyl groups is 1. The van der Waals surface area contributed by atoms with E-state index >= 15 is 0 Å². The highest BCUT2D eigenvalue weighted by Crippen LogP contribution is 2.33. The van der Waals surface area contributed by atoms with Crippen LogP contribution in [0.3, 0.4) is 0 Å². The zero-order chi connectivity index (χ0) is 54.5. The summed E-state index contributed by atoms with van der Waals surface area (Å²) in [5.41, 5.74) is 4.40. The summed E-state index contributed by atoms with van der Waals surface area (Å²) in [6.07, 6.45) is 1.62. The second-order valence-electron chi connectivity index (χ2n) is 21.2. The van der Waals surface area contributed by atoms with Crippen molar-refractivity contribution in [3.05, 3.63) is 121 Å². The van der Waals surface area contributed by atoms with Crippen molar-refractivity contribution >= 4 is 81.5 Å². The number of nitrogens with one attached hydrogen (secondary N) is 4. The average Bonchev–Trinajstić information content (AvgIpc) is 3.82. The highest BCUT2D eigenvalue weighted by molar-refractivity contribution is 6.44. The first-order valence-corrected chi connectivity index (χ1v) is 26.0. The number of benzene rings is 5. The van der Waals surface area contributed by atoms with Crippen molar-refractivity contribution in [1.82, 2.24) is 30.4 Å². The number of phenols is 1. The van der Waals surface area contributed by atoms with Gasteiger partial charge in [0.1, 0.15) is 43.3 Å². The quantitative estimate of drug-likeness (QED) is 0.0297. The number of phenolic OH excluding ortho intramolecular Hbond substituents is 1. The zero-order valence-electron chi connectivity index (χ0n) is 44.4. The number of aromatic nitrogens is 2. The van der Waals surface area contributed by atoms with E-state index in [1.807, 2.05) is 168 Å². The largest absolute Gasteiger partial charge is 0.508 e. The molecular formula is C57H74B2N6O10. The molecule has 0 saturated carbocycles. The van der Waals surface area contributed by atoms with Gasteiger partial charge in [-0.2, -0.15) is 0 Å². The number of rotatable bonds is 23. The second-order valence-corrected chi connectivity index (χ2v) is 21.2. The lowest BCUT2D eigenvalue weighted by Gasteiger charge is -2.25. The Hall–Kier alpha value is -6.85. The Balaban J connectivity index is 0.000000248. The predicted molar refractivity (Wildman–Crippen MR) is 297 cm³/mol. The Bertz CT molecular complexity index is 3030. The number of hydrogen-bond donors (Lipinski definition) is 9. The lowest BCUT2D eigenvalue weighted by atomic mass is 9.75. The summed E-state index contributed by atoms with van der Waals surface area (Å²) in [6, 6.07) is 34.9. The van der Waals surface area contributed by atoms with Crippen LogP contribution in [0.15, 0.2) is 115 Å². The minimum absolute atomic E-state index is 0.00603. The fourth-order valence-electron chi connectivity index (χ4n) is 9.50. The van der Waals surface area contributed by atoms with Gasteiger partial charge in [-0.25, -0.2) is 0 Å². The molecule has 4 amide bonds. The third kappa shape index (κ3) is 15.8. The van der Waals surface area contributed by atoms with Gasteiger partial charge in [0, 0.05) is 44.7 Å². The first-order chi connectivity index (χ1) is 35.7. The zero-order valence-corrected chi connectivity index (χ0v) is 44.4. The number of carbonyl (C=O) groups is 4. The summed E-state index contributed by atoms with van der Waals surface area (Å²) in [5, 5.41) is 64.0. The van der Waals surface area contributed by atoms with Gasteiger partial charge in [0.25, 0.3) is 0 Å². The van der Waals surface area contributed by atoms with E-state index in [4.69, 9.17) is 4.74 Å². The molecule has 7 rings (SSSR count). The van der Waals surface area contributed by atoms with Crippen molar-refractivity contribution in [2.75, 3.05) is 0 Å². The van der Waals surface area contributed by atoms with Crippen molar-refractivity contribution in [1.29, 1.82) is 0 Å². The molecule has 0 aliphatic heterocycles. The van der Waals surface area contributed by atoms with Crippen molar-refractivity contribution < 1.29 is 49.1 Å². The molecule has 2 aromatic heterocycles. The van der Waals surface area contributed by atoms with Crippen molar-refractivity contribution in [2.45, 2.75) is 125 Å². The summed E-state index contributed by atoms with van der Waals surface area (Å²) < 4.78 is 9.84. The Morgan fingerprint density at radius 2 is 0.880 bits per heavy atom. The van der Waals surface area contributed by atoms with Crippen molar-refractivity contribution in [2.24, 2.45) is 23.7 Å². The third-order valence-electron chi connectivity index (χ3n) is 12.9. The molecular weight excluding hydrogens is 950 g/mol. The predicted octanol–water partition coefficient (Wildman–Crippen LogP) is 7.02. The van der Waals surface area contributed by atoms with Crippen LogP contribution in [0.1, 0.15) is 86.6 Å². The van der Waals surface area contributed by atoms with Gasteiger partial charge < -0.3 is 60.3 Å². The molecule has 0 radical (unpaired) electrons. The lowest BCUT2D eigenvalue weighted by molar-refractivity contribution is -0.129. The van der Waals surface area contributed by atoms with E-state index < -0.39 is 50.0 Å². The standard InChI is InChI=1S/C32H40BN3O5.C25H34BN3O5/c1-21(2)16-27(32(38)35-30(33(39)40)17-22(3)4)34-31(37)19-36-28-13-9-8-12-25(28)26-15-14-24(18-29(26)36)41-20-23-10-6-5-7-11-23;1-15(2)11-20(25(32)28-23(26(33)34)12-16(3)4)27-24(31)14-29-21-8-6-5-7-18(21)19-10-9-17(30)13-22(19)29/h5-15,18,21-22,27,30,39-40H,16-17,19-20H2,1-4H3,(H,34,37)(H,35,38);5-10,13,15-16,20,23,30,33-34H,11-12,14H2,1-4H3,(H,27,31)(H,28,32)/t27-,30-;20-,23-/m00/s1. The molecule has 0 saturated heterocycles. The average molecular weight is 1020 g/mol. The van der Waals surface area contributed by atoms with Crippen LogP contribution in [-0.4, -0.2) is 96.2 Å². The van der Waals surface area contributed by atoms with Crippen LogP contribution < -0.4 is 26.0 Å². The fraction of sp³-hybridized carbons (Fsp3) is 0.404. The van der Waals surface area contributed by atoms with Gasteiger partial charge in [-0.1, -0.05) is 122 Å². The van der Waals surface area contributed by atoms with Crippen molar-refractivity contribution in [3.63, 3.8) is 0 Å². The van der Waals surface area contributed by atoms with Gasteiger partial charge in [0.2, 0.25) is 23.6 Å². The molecule has 75 heavy (non-hydrogen) atoms. The molecule has 0 aliphatic carbocycles. The van der Waals surface area contributed by atoms with E-state index in [1.165, 1.54) is 0 Å². The number of amides is 4. The van der Waals surface area contributed by atoms with E-state index in [1.54, 1.807) is 12.1 Å². The molecule has 0 fully saturated rings. The van der Waals surface area contributed by atoms with Crippen LogP contribution in [0.4, 0.5) is 0 Å². The van der Waals surface area contributed by atoms with Gasteiger partial charge in [0.15, 0.2) is 0 Å². The van der Waals surface area contributed by atoms with E-state index in [0.717, 1.165) is 49.2 Å². The molecule has 4 atom stereocenters. The van der Waals surface area contributed by atoms with Crippen LogP contribution in [0.5, 0.6) is 11.5 Å². The lowest BCUT2D eigenvalue weighted by Crippen LogP contribution is -2.55. The first kappa shape index (κ1) is 57.4. The monoisotopic (exact) mass is 1020 g/mol. The topological polar surface area (TPSA) is 237 Å².